The average molecular weight is 212 g/mol. The monoisotopic (exact) mass is 212 g/mol. The van der Waals surface area contributed by atoms with E-state index in [4.69, 9.17) is 10.5 Å². The van der Waals surface area contributed by atoms with Crippen LogP contribution >= 0.6 is 0 Å². The number of ether oxygens (including phenoxy) is 1. The number of rotatable bonds is 4. The van der Waals surface area contributed by atoms with Gasteiger partial charge in [-0.3, -0.25) is 0 Å². The summed E-state index contributed by atoms with van der Waals surface area (Å²) in [7, 11) is 0. The van der Waals surface area contributed by atoms with Gasteiger partial charge in [0.15, 0.2) is 0 Å². The first-order chi connectivity index (χ1) is 7.22. The number of halogens is 1. The summed E-state index contributed by atoms with van der Waals surface area (Å²) in [6.07, 6.45) is 3.83. The number of nitrogen functional groups attached to an aromatic ring is 1. The molecule has 1 aromatic heterocycles. The predicted molar refractivity (Wildman–Crippen MR) is 53.4 cm³/mol. The summed E-state index contributed by atoms with van der Waals surface area (Å²) in [5.41, 5.74) is 6.56. The maximum atomic E-state index is 11.8. The molecule has 0 amide bonds. The lowest BCUT2D eigenvalue weighted by atomic mass is 10.4. The lowest BCUT2D eigenvalue weighted by Gasteiger charge is -2.06. The summed E-state index contributed by atoms with van der Waals surface area (Å²) in [4.78, 5) is 11.5. The summed E-state index contributed by atoms with van der Waals surface area (Å²) in [5, 5.41) is 0. The third kappa shape index (κ3) is 2.11. The third-order valence-corrected chi connectivity index (χ3v) is 2.33. The first-order valence-corrected chi connectivity index (χ1v) is 4.93. The number of aromatic nitrogens is 1. The van der Waals surface area contributed by atoms with Crippen LogP contribution in [0.1, 0.15) is 29.4 Å². The Kier molecular flexibility index (Phi) is 2.62. The minimum atomic E-state index is -0.661. The lowest BCUT2D eigenvalue weighted by molar-refractivity contribution is 0.0468. The number of nitrogens with zero attached hydrogens (tertiary/aromatic N) is 1. The molecule has 0 unspecified atom stereocenters. The van der Waals surface area contributed by atoms with E-state index in [2.05, 4.69) is 0 Å². The smallest absolute Gasteiger partial charge is 0.355 e. The van der Waals surface area contributed by atoms with E-state index in [1.54, 1.807) is 12.3 Å². The molecule has 1 heterocycles. The highest BCUT2D eigenvalue weighted by Crippen LogP contribution is 2.37. The topological polar surface area (TPSA) is 57.3 Å². The number of anilines is 1. The van der Waals surface area contributed by atoms with Crippen molar-refractivity contribution in [3.8, 4) is 0 Å². The van der Waals surface area contributed by atoms with Crippen LogP contribution in [0.4, 0.5) is 10.1 Å². The van der Waals surface area contributed by atoms with Crippen molar-refractivity contribution >= 4 is 11.7 Å². The van der Waals surface area contributed by atoms with Crippen LogP contribution in [0.5, 0.6) is 0 Å². The number of hydrogen-bond acceptors (Lipinski definition) is 3. The molecule has 1 aliphatic carbocycles. The fourth-order valence-electron chi connectivity index (χ4n) is 1.52. The van der Waals surface area contributed by atoms with Crippen LogP contribution in [0.15, 0.2) is 12.3 Å². The van der Waals surface area contributed by atoms with Crippen molar-refractivity contribution in [3.63, 3.8) is 0 Å². The Balaban J connectivity index is 2.14. The Morgan fingerprint density at radius 3 is 3.00 bits per heavy atom. The molecule has 4 nitrogen and oxygen atoms in total. The van der Waals surface area contributed by atoms with Crippen molar-refractivity contribution < 1.29 is 13.9 Å². The van der Waals surface area contributed by atoms with Gasteiger partial charge in [-0.1, -0.05) is 0 Å². The summed E-state index contributed by atoms with van der Waals surface area (Å²) < 4.78 is 18.4. The van der Waals surface area contributed by atoms with Crippen molar-refractivity contribution in [1.29, 1.82) is 0 Å². The Labute approximate surface area is 86.8 Å². The van der Waals surface area contributed by atoms with E-state index < -0.39 is 12.6 Å². The molecule has 0 aliphatic heterocycles. The fourth-order valence-corrected chi connectivity index (χ4v) is 1.52. The molecule has 2 N–H and O–H groups in total. The van der Waals surface area contributed by atoms with Gasteiger partial charge in [-0.25, -0.2) is 9.18 Å². The molecule has 0 bridgehead atoms. The van der Waals surface area contributed by atoms with Gasteiger partial charge in [0.25, 0.3) is 0 Å². The molecule has 2 rings (SSSR count). The number of nitrogens with two attached hydrogens (primary N) is 1. The Hall–Kier alpha value is -1.52. The van der Waals surface area contributed by atoms with E-state index >= 15 is 0 Å². The van der Waals surface area contributed by atoms with Crippen molar-refractivity contribution in [1.82, 2.24) is 4.57 Å². The van der Waals surface area contributed by atoms with Gasteiger partial charge >= 0.3 is 5.97 Å². The standard InChI is InChI=1S/C10H13FN2O2/c11-3-4-15-10(14)9-5-7(12)6-13(9)8-1-2-8/h5-6,8H,1-4,12H2. The summed E-state index contributed by atoms with van der Waals surface area (Å²) in [6, 6.07) is 1.93. The molecular formula is C10H13FN2O2. The zero-order valence-electron chi connectivity index (χ0n) is 8.28. The second-order valence-corrected chi connectivity index (χ2v) is 3.62. The molecule has 1 fully saturated rings. The van der Waals surface area contributed by atoms with Crippen LogP contribution in [0.3, 0.4) is 0 Å². The van der Waals surface area contributed by atoms with Gasteiger partial charge in [-0.05, 0) is 18.9 Å². The van der Waals surface area contributed by atoms with Gasteiger partial charge in [0.1, 0.15) is 19.0 Å². The van der Waals surface area contributed by atoms with E-state index in [0.29, 0.717) is 17.4 Å². The van der Waals surface area contributed by atoms with Crippen molar-refractivity contribution in [2.45, 2.75) is 18.9 Å². The highest BCUT2D eigenvalue weighted by Gasteiger charge is 2.28. The van der Waals surface area contributed by atoms with Crippen LogP contribution in [0.2, 0.25) is 0 Å². The molecule has 1 saturated carbocycles. The molecule has 1 aromatic rings. The van der Waals surface area contributed by atoms with Crippen LogP contribution in [-0.4, -0.2) is 23.8 Å². The van der Waals surface area contributed by atoms with Gasteiger partial charge < -0.3 is 15.0 Å². The second kappa shape index (κ2) is 3.92. The average Bonchev–Trinajstić information content (AvgIpc) is 2.98. The Morgan fingerprint density at radius 2 is 2.40 bits per heavy atom. The predicted octanol–water partition coefficient (Wildman–Crippen LogP) is 1.53. The second-order valence-electron chi connectivity index (χ2n) is 3.62. The summed E-state index contributed by atoms with van der Waals surface area (Å²) in [6.45, 7) is -0.861. The highest BCUT2D eigenvalue weighted by molar-refractivity contribution is 5.89. The first kappa shape index (κ1) is 10.0. The van der Waals surface area contributed by atoms with Crippen LogP contribution in [-0.2, 0) is 4.74 Å². The molecule has 0 aromatic carbocycles. The normalized spacial score (nSPS) is 15.3. The third-order valence-electron chi connectivity index (χ3n) is 2.33. The molecule has 1 aliphatic rings. The Morgan fingerprint density at radius 1 is 1.67 bits per heavy atom. The molecule has 82 valence electrons. The molecule has 0 spiro atoms. The Bertz CT molecular complexity index is 371. The van der Waals surface area contributed by atoms with Gasteiger partial charge in [-0.2, -0.15) is 0 Å². The first-order valence-electron chi connectivity index (χ1n) is 4.93. The zero-order chi connectivity index (χ0) is 10.8. The van der Waals surface area contributed by atoms with Crippen molar-refractivity contribution in [2.24, 2.45) is 0 Å². The SMILES string of the molecule is Nc1cc(C(=O)OCCF)n(C2CC2)c1. The zero-order valence-corrected chi connectivity index (χ0v) is 8.28. The van der Waals surface area contributed by atoms with Gasteiger partial charge in [0.2, 0.25) is 0 Å². The molecule has 0 saturated heterocycles. The van der Waals surface area contributed by atoms with Gasteiger partial charge in [0, 0.05) is 12.2 Å². The van der Waals surface area contributed by atoms with Gasteiger partial charge in [-0.15, -0.1) is 0 Å². The molecule has 0 radical (unpaired) electrons. The molecule has 5 heteroatoms. The van der Waals surface area contributed by atoms with Crippen LogP contribution < -0.4 is 5.73 Å². The summed E-state index contributed by atoms with van der Waals surface area (Å²) in [5.74, 6) is -0.503. The number of hydrogen-bond donors (Lipinski definition) is 1. The number of carbonyl (C=O) groups is 1. The number of esters is 1. The maximum absolute atomic E-state index is 11.8. The van der Waals surface area contributed by atoms with E-state index in [1.807, 2.05) is 4.57 Å². The maximum Gasteiger partial charge on any atom is 0.355 e. The number of carbonyl (C=O) groups excluding carboxylic acids is 1. The van der Waals surface area contributed by atoms with E-state index in [9.17, 15) is 9.18 Å². The minimum absolute atomic E-state index is 0.200. The fraction of sp³-hybridized carbons (Fsp3) is 0.500. The van der Waals surface area contributed by atoms with E-state index in [0.717, 1.165) is 12.8 Å². The van der Waals surface area contributed by atoms with E-state index in [1.165, 1.54) is 0 Å². The van der Waals surface area contributed by atoms with E-state index in [-0.39, 0.29) is 6.61 Å². The van der Waals surface area contributed by atoms with Crippen molar-refractivity contribution in [3.05, 3.63) is 18.0 Å². The van der Waals surface area contributed by atoms with Crippen LogP contribution in [0.25, 0.3) is 0 Å². The minimum Gasteiger partial charge on any atom is -0.458 e. The van der Waals surface area contributed by atoms with Crippen molar-refractivity contribution in [2.75, 3.05) is 19.0 Å². The molecule has 15 heavy (non-hydrogen) atoms. The lowest BCUT2D eigenvalue weighted by Crippen LogP contribution is -2.12. The summed E-state index contributed by atoms with van der Waals surface area (Å²) >= 11 is 0. The molecule has 0 atom stereocenters. The number of alkyl halides is 1. The van der Waals surface area contributed by atoms with Crippen LogP contribution in [0, 0.1) is 0 Å². The quantitative estimate of drug-likeness (QED) is 0.770. The largest absolute Gasteiger partial charge is 0.458 e. The molecular weight excluding hydrogens is 199 g/mol. The highest BCUT2D eigenvalue weighted by atomic mass is 19.1. The van der Waals surface area contributed by atoms with Gasteiger partial charge in [0.05, 0.1) is 5.69 Å².